The van der Waals surface area contributed by atoms with Crippen molar-refractivity contribution in [3.8, 4) is 0 Å². The first-order valence-corrected chi connectivity index (χ1v) is 8.05. The largest absolute Gasteiger partial charge is 0.314 e. The molecule has 1 rings (SSSR count). The SMILES string of the molecule is CCNC(C)CCS(=O)(=O)c1cc(C)ccc1C. The van der Waals surface area contributed by atoms with E-state index in [4.69, 9.17) is 0 Å². The Morgan fingerprint density at radius 3 is 2.56 bits per heavy atom. The molecular formula is C14H23NO2S. The zero-order valence-corrected chi connectivity index (χ0v) is 12.5. The maximum atomic E-state index is 12.3. The average Bonchev–Trinajstić information content (AvgIpc) is 2.30. The molecule has 0 amide bonds. The van der Waals surface area contributed by atoms with Gasteiger partial charge in [-0.05, 0) is 50.9 Å². The molecule has 0 aliphatic carbocycles. The van der Waals surface area contributed by atoms with Gasteiger partial charge in [-0.1, -0.05) is 19.1 Å². The lowest BCUT2D eigenvalue weighted by Crippen LogP contribution is -2.28. The summed E-state index contributed by atoms with van der Waals surface area (Å²) in [7, 11) is -3.17. The van der Waals surface area contributed by atoms with E-state index in [0.717, 1.165) is 17.7 Å². The number of hydrogen-bond acceptors (Lipinski definition) is 3. The van der Waals surface area contributed by atoms with Crippen molar-refractivity contribution in [2.45, 2.75) is 45.1 Å². The third-order valence-electron chi connectivity index (χ3n) is 3.05. The third-order valence-corrected chi connectivity index (χ3v) is 4.93. The molecule has 18 heavy (non-hydrogen) atoms. The molecule has 4 heteroatoms. The summed E-state index contributed by atoms with van der Waals surface area (Å²) < 4.78 is 24.6. The fraction of sp³-hybridized carbons (Fsp3) is 0.571. The Kier molecular flexibility index (Phi) is 5.35. The van der Waals surface area contributed by atoms with Crippen LogP contribution in [0.1, 0.15) is 31.4 Å². The van der Waals surface area contributed by atoms with Crippen molar-refractivity contribution >= 4 is 9.84 Å². The normalized spacial score (nSPS) is 13.6. The summed E-state index contributed by atoms with van der Waals surface area (Å²) in [5, 5.41) is 3.23. The number of sulfone groups is 1. The van der Waals surface area contributed by atoms with Gasteiger partial charge in [0.25, 0.3) is 0 Å². The smallest absolute Gasteiger partial charge is 0.178 e. The maximum absolute atomic E-state index is 12.3. The summed E-state index contributed by atoms with van der Waals surface area (Å²) >= 11 is 0. The average molecular weight is 269 g/mol. The quantitative estimate of drug-likeness (QED) is 0.863. The van der Waals surface area contributed by atoms with E-state index < -0.39 is 9.84 Å². The van der Waals surface area contributed by atoms with Gasteiger partial charge in [0, 0.05) is 6.04 Å². The first-order valence-electron chi connectivity index (χ1n) is 6.40. The van der Waals surface area contributed by atoms with Crippen molar-refractivity contribution < 1.29 is 8.42 Å². The second-order valence-corrected chi connectivity index (χ2v) is 6.91. The predicted octanol–water partition coefficient (Wildman–Crippen LogP) is 2.47. The fourth-order valence-electron chi connectivity index (χ4n) is 1.93. The van der Waals surface area contributed by atoms with Crippen LogP contribution >= 0.6 is 0 Å². The van der Waals surface area contributed by atoms with Crippen LogP contribution in [-0.4, -0.2) is 26.8 Å². The monoisotopic (exact) mass is 269 g/mol. The van der Waals surface area contributed by atoms with Crippen LogP contribution in [0.4, 0.5) is 0 Å². The molecule has 3 nitrogen and oxygen atoms in total. The number of rotatable bonds is 6. The van der Waals surface area contributed by atoms with Crippen molar-refractivity contribution in [2.75, 3.05) is 12.3 Å². The van der Waals surface area contributed by atoms with Gasteiger partial charge in [-0.2, -0.15) is 0 Å². The summed E-state index contributed by atoms with van der Waals surface area (Å²) in [4.78, 5) is 0.478. The molecule has 0 saturated carbocycles. The van der Waals surface area contributed by atoms with Gasteiger partial charge in [-0.25, -0.2) is 8.42 Å². The highest BCUT2D eigenvalue weighted by Gasteiger charge is 2.18. The lowest BCUT2D eigenvalue weighted by molar-refractivity contribution is 0.541. The van der Waals surface area contributed by atoms with Crippen LogP contribution in [0.5, 0.6) is 0 Å². The van der Waals surface area contributed by atoms with E-state index in [9.17, 15) is 8.42 Å². The molecule has 1 aromatic carbocycles. The van der Waals surface area contributed by atoms with E-state index in [2.05, 4.69) is 5.32 Å². The van der Waals surface area contributed by atoms with Gasteiger partial charge >= 0.3 is 0 Å². The first-order chi connectivity index (χ1) is 8.36. The third kappa shape index (κ3) is 4.10. The molecule has 0 radical (unpaired) electrons. The van der Waals surface area contributed by atoms with Gasteiger partial charge in [0.1, 0.15) is 0 Å². The fourth-order valence-corrected chi connectivity index (χ4v) is 3.74. The minimum absolute atomic E-state index is 0.200. The summed E-state index contributed by atoms with van der Waals surface area (Å²) in [5.41, 5.74) is 1.82. The second kappa shape index (κ2) is 6.34. The molecular weight excluding hydrogens is 246 g/mol. The molecule has 0 heterocycles. The molecule has 0 spiro atoms. The molecule has 0 fully saturated rings. The Morgan fingerprint density at radius 1 is 1.28 bits per heavy atom. The van der Waals surface area contributed by atoms with Gasteiger partial charge in [0.15, 0.2) is 9.84 Å². The Morgan fingerprint density at radius 2 is 1.94 bits per heavy atom. The molecule has 0 bridgehead atoms. The Balaban J connectivity index is 2.83. The lowest BCUT2D eigenvalue weighted by Gasteiger charge is -2.13. The van der Waals surface area contributed by atoms with E-state index in [-0.39, 0.29) is 11.8 Å². The summed E-state index contributed by atoms with van der Waals surface area (Å²) in [6, 6.07) is 5.81. The molecule has 1 unspecified atom stereocenters. The number of aryl methyl sites for hydroxylation is 2. The molecule has 0 aliphatic heterocycles. The topological polar surface area (TPSA) is 46.2 Å². The van der Waals surface area contributed by atoms with Gasteiger partial charge in [-0.3, -0.25) is 0 Å². The summed E-state index contributed by atoms with van der Waals surface area (Å²) in [5.74, 6) is 0.200. The van der Waals surface area contributed by atoms with Crippen LogP contribution in [0.3, 0.4) is 0 Å². The first kappa shape index (κ1) is 15.2. The predicted molar refractivity (Wildman–Crippen MR) is 75.7 cm³/mol. The number of hydrogen-bond donors (Lipinski definition) is 1. The summed E-state index contributed by atoms with van der Waals surface area (Å²) in [6.07, 6.45) is 0.642. The molecule has 102 valence electrons. The molecule has 1 atom stereocenters. The van der Waals surface area contributed by atoms with E-state index in [1.165, 1.54) is 0 Å². The number of nitrogens with one attached hydrogen (secondary N) is 1. The number of benzene rings is 1. The molecule has 0 aliphatic rings. The van der Waals surface area contributed by atoms with Crippen LogP contribution in [-0.2, 0) is 9.84 Å². The zero-order chi connectivity index (χ0) is 13.8. The molecule has 0 saturated heterocycles. The van der Waals surface area contributed by atoms with Gasteiger partial charge in [0.2, 0.25) is 0 Å². The van der Waals surface area contributed by atoms with Crippen molar-refractivity contribution in [1.29, 1.82) is 0 Å². The van der Waals surface area contributed by atoms with E-state index in [0.29, 0.717) is 11.3 Å². The standard InChI is InChI=1S/C14H23NO2S/c1-5-15-13(4)8-9-18(16,17)14-10-11(2)6-7-12(14)3/h6-7,10,13,15H,5,8-9H2,1-4H3. The Hall–Kier alpha value is -0.870. The van der Waals surface area contributed by atoms with Gasteiger partial charge in [-0.15, -0.1) is 0 Å². The van der Waals surface area contributed by atoms with Crippen molar-refractivity contribution in [2.24, 2.45) is 0 Å². The highest BCUT2D eigenvalue weighted by atomic mass is 32.2. The van der Waals surface area contributed by atoms with E-state index >= 15 is 0 Å². The molecule has 1 N–H and O–H groups in total. The van der Waals surface area contributed by atoms with Crippen molar-refractivity contribution in [1.82, 2.24) is 5.32 Å². The van der Waals surface area contributed by atoms with E-state index in [1.54, 1.807) is 6.07 Å². The van der Waals surface area contributed by atoms with Crippen LogP contribution in [0.2, 0.25) is 0 Å². The van der Waals surface area contributed by atoms with E-state index in [1.807, 2.05) is 39.8 Å². The van der Waals surface area contributed by atoms with Crippen LogP contribution in [0.15, 0.2) is 23.1 Å². The Labute approximate surface area is 111 Å². The molecule has 0 aromatic heterocycles. The Bertz CT molecular complexity index is 495. The maximum Gasteiger partial charge on any atom is 0.178 e. The van der Waals surface area contributed by atoms with Crippen LogP contribution < -0.4 is 5.32 Å². The van der Waals surface area contributed by atoms with Crippen LogP contribution in [0, 0.1) is 13.8 Å². The highest BCUT2D eigenvalue weighted by molar-refractivity contribution is 7.91. The minimum Gasteiger partial charge on any atom is -0.314 e. The zero-order valence-electron chi connectivity index (χ0n) is 11.7. The molecule has 1 aromatic rings. The van der Waals surface area contributed by atoms with Gasteiger partial charge < -0.3 is 5.32 Å². The van der Waals surface area contributed by atoms with Crippen molar-refractivity contribution in [3.63, 3.8) is 0 Å². The highest BCUT2D eigenvalue weighted by Crippen LogP contribution is 2.19. The summed E-state index contributed by atoms with van der Waals surface area (Å²) in [6.45, 7) is 8.67. The van der Waals surface area contributed by atoms with Crippen LogP contribution in [0.25, 0.3) is 0 Å². The lowest BCUT2D eigenvalue weighted by atomic mass is 10.2. The second-order valence-electron chi connectivity index (χ2n) is 4.84. The van der Waals surface area contributed by atoms with Gasteiger partial charge in [0.05, 0.1) is 10.6 Å². The van der Waals surface area contributed by atoms with Crippen molar-refractivity contribution in [3.05, 3.63) is 29.3 Å². The minimum atomic E-state index is -3.17.